The average Bonchev–Trinajstić information content (AvgIpc) is 2.96. The van der Waals surface area contributed by atoms with Crippen LogP contribution in [0.15, 0.2) is 36.7 Å². The lowest BCUT2D eigenvalue weighted by Crippen LogP contribution is -2.44. The van der Waals surface area contributed by atoms with Gasteiger partial charge in [0.15, 0.2) is 0 Å². The number of aryl methyl sites for hydroxylation is 1. The standard InChI is InChI=1S/C19H22FN3O2/c1-13-10-22-16(11-21-13)18(25)23-12-19(8-2-3-17(19)24)9-14-4-6-15(20)7-5-14/h4-7,10-11,17,24H,2-3,8-9,12H2,1H3,(H,23,25)/t17-,19-/m0/s1. The van der Waals surface area contributed by atoms with Crippen LogP contribution >= 0.6 is 0 Å². The molecule has 0 saturated heterocycles. The van der Waals surface area contributed by atoms with Crippen molar-refractivity contribution in [2.75, 3.05) is 6.54 Å². The lowest BCUT2D eigenvalue weighted by Gasteiger charge is -2.33. The van der Waals surface area contributed by atoms with Crippen molar-refractivity contribution in [1.82, 2.24) is 15.3 Å². The number of hydrogen-bond acceptors (Lipinski definition) is 4. The SMILES string of the molecule is Cc1cnc(C(=O)NC[C@@]2(Cc3ccc(F)cc3)CCC[C@@H]2O)cn1. The van der Waals surface area contributed by atoms with Crippen LogP contribution in [-0.2, 0) is 6.42 Å². The first-order chi connectivity index (χ1) is 12.0. The first-order valence-corrected chi connectivity index (χ1v) is 8.48. The van der Waals surface area contributed by atoms with Crippen LogP contribution in [-0.4, -0.2) is 33.6 Å². The van der Waals surface area contributed by atoms with E-state index in [1.54, 1.807) is 25.3 Å². The van der Waals surface area contributed by atoms with Gasteiger partial charge in [-0.15, -0.1) is 0 Å². The highest BCUT2D eigenvalue weighted by atomic mass is 19.1. The van der Waals surface area contributed by atoms with Gasteiger partial charge in [-0.2, -0.15) is 0 Å². The Hall–Kier alpha value is -2.34. The Morgan fingerprint density at radius 3 is 2.68 bits per heavy atom. The molecule has 1 aromatic carbocycles. The number of aromatic nitrogens is 2. The topological polar surface area (TPSA) is 75.1 Å². The molecule has 0 aliphatic heterocycles. The Bertz CT molecular complexity index is 733. The highest BCUT2D eigenvalue weighted by Crippen LogP contribution is 2.40. The van der Waals surface area contributed by atoms with Crippen LogP contribution in [0.1, 0.15) is 41.0 Å². The van der Waals surface area contributed by atoms with E-state index in [4.69, 9.17) is 0 Å². The molecular formula is C19H22FN3O2. The van der Waals surface area contributed by atoms with Crippen LogP contribution in [0.3, 0.4) is 0 Å². The van der Waals surface area contributed by atoms with E-state index in [-0.39, 0.29) is 17.4 Å². The maximum Gasteiger partial charge on any atom is 0.271 e. The summed E-state index contributed by atoms with van der Waals surface area (Å²) in [6, 6.07) is 6.31. The molecule has 132 valence electrons. The number of carbonyl (C=O) groups is 1. The third-order valence-corrected chi connectivity index (χ3v) is 4.94. The molecule has 1 aromatic heterocycles. The molecule has 2 aromatic rings. The van der Waals surface area contributed by atoms with E-state index in [2.05, 4.69) is 15.3 Å². The molecule has 6 heteroatoms. The second-order valence-electron chi connectivity index (χ2n) is 6.80. The second kappa shape index (κ2) is 7.27. The quantitative estimate of drug-likeness (QED) is 0.874. The first-order valence-electron chi connectivity index (χ1n) is 8.48. The molecule has 0 unspecified atom stereocenters. The molecule has 0 spiro atoms. The number of aliphatic hydroxyl groups excluding tert-OH is 1. The van der Waals surface area contributed by atoms with E-state index in [9.17, 15) is 14.3 Å². The fourth-order valence-electron chi connectivity index (χ4n) is 3.46. The summed E-state index contributed by atoms with van der Waals surface area (Å²) in [6.45, 7) is 2.15. The van der Waals surface area contributed by atoms with Crippen molar-refractivity contribution >= 4 is 5.91 Å². The van der Waals surface area contributed by atoms with Gasteiger partial charge in [-0.25, -0.2) is 9.37 Å². The number of nitrogens with one attached hydrogen (secondary N) is 1. The number of hydrogen-bond donors (Lipinski definition) is 2. The molecule has 2 N–H and O–H groups in total. The van der Waals surface area contributed by atoms with Gasteiger partial charge >= 0.3 is 0 Å². The van der Waals surface area contributed by atoms with Crippen LogP contribution in [0.5, 0.6) is 0 Å². The molecule has 0 radical (unpaired) electrons. The molecule has 1 heterocycles. The summed E-state index contributed by atoms with van der Waals surface area (Å²) in [5.41, 5.74) is 1.52. The van der Waals surface area contributed by atoms with E-state index >= 15 is 0 Å². The predicted octanol–water partition coefficient (Wildman–Crippen LogP) is 2.43. The lowest BCUT2D eigenvalue weighted by atomic mass is 9.78. The third-order valence-electron chi connectivity index (χ3n) is 4.94. The number of nitrogens with zero attached hydrogens (tertiary/aromatic N) is 2. The van der Waals surface area contributed by atoms with E-state index in [0.29, 0.717) is 19.4 Å². The van der Waals surface area contributed by atoms with Crippen molar-refractivity contribution in [3.05, 3.63) is 59.4 Å². The zero-order valence-electron chi connectivity index (χ0n) is 14.2. The fourth-order valence-corrected chi connectivity index (χ4v) is 3.46. The van der Waals surface area contributed by atoms with Crippen LogP contribution in [0, 0.1) is 18.2 Å². The minimum atomic E-state index is -0.498. The van der Waals surface area contributed by atoms with Gasteiger partial charge in [-0.3, -0.25) is 9.78 Å². The molecule has 2 atom stereocenters. The summed E-state index contributed by atoms with van der Waals surface area (Å²) >= 11 is 0. The van der Waals surface area contributed by atoms with Crippen LogP contribution in [0.4, 0.5) is 4.39 Å². The van der Waals surface area contributed by atoms with Crippen LogP contribution in [0.2, 0.25) is 0 Å². The van der Waals surface area contributed by atoms with Gasteiger partial charge in [0.1, 0.15) is 11.5 Å². The highest BCUT2D eigenvalue weighted by Gasteiger charge is 2.42. The number of carbonyl (C=O) groups excluding carboxylic acids is 1. The molecule has 1 amide bonds. The number of rotatable bonds is 5. The Labute approximate surface area is 146 Å². The van der Waals surface area contributed by atoms with Crippen LogP contribution in [0.25, 0.3) is 0 Å². The van der Waals surface area contributed by atoms with Gasteiger partial charge in [0.2, 0.25) is 0 Å². The fraction of sp³-hybridized carbons (Fsp3) is 0.421. The van der Waals surface area contributed by atoms with Crippen molar-refractivity contribution in [1.29, 1.82) is 0 Å². The van der Waals surface area contributed by atoms with Gasteiger partial charge in [-0.1, -0.05) is 18.6 Å². The minimum Gasteiger partial charge on any atom is -0.392 e. The van der Waals surface area contributed by atoms with Gasteiger partial charge < -0.3 is 10.4 Å². The highest BCUT2D eigenvalue weighted by molar-refractivity contribution is 5.91. The number of benzene rings is 1. The molecule has 1 aliphatic rings. The molecule has 1 saturated carbocycles. The van der Waals surface area contributed by atoms with Crippen molar-refractivity contribution in [3.63, 3.8) is 0 Å². The smallest absolute Gasteiger partial charge is 0.271 e. The normalized spacial score (nSPS) is 22.8. The third kappa shape index (κ3) is 4.02. The molecule has 1 aliphatic carbocycles. The van der Waals surface area contributed by atoms with E-state index in [0.717, 1.165) is 24.1 Å². The molecule has 0 bridgehead atoms. The molecule has 25 heavy (non-hydrogen) atoms. The predicted molar refractivity (Wildman–Crippen MR) is 91.5 cm³/mol. The van der Waals surface area contributed by atoms with Gasteiger partial charge in [-0.05, 0) is 43.9 Å². The van der Waals surface area contributed by atoms with Crippen molar-refractivity contribution in [2.45, 2.75) is 38.7 Å². The summed E-state index contributed by atoms with van der Waals surface area (Å²) < 4.78 is 13.1. The summed E-state index contributed by atoms with van der Waals surface area (Å²) in [5, 5.41) is 13.4. The summed E-state index contributed by atoms with van der Waals surface area (Å²) in [5.74, 6) is -0.582. The Kier molecular flexibility index (Phi) is 5.08. The van der Waals surface area contributed by atoms with Crippen LogP contribution < -0.4 is 5.32 Å². The molecule has 5 nitrogen and oxygen atoms in total. The summed E-state index contributed by atoms with van der Waals surface area (Å²) in [6.07, 6.45) is 5.52. The monoisotopic (exact) mass is 343 g/mol. The Morgan fingerprint density at radius 1 is 1.32 bits per heavy atom. The molecular weight excluding hydrogens is 321 g/mol. The minimum absolute atomic E-state index is 0.259. The molecule has 1 fully saturated rings. The Morgan fingerprint density at radius 2 is 2.08 bits per heavy atom. The maximum atomic E-state index is 13.1. The average molecular weight is 343 g/mol. The van der Waals surface area contributed by atoms with E-state index < -0.39 is 11.5 Å². The van der Waals surface area contributed by atoms with Crippen molar-refractivity contribution in [3.8, 4) is 0 Å². The summed E-state index contributed by atoms with van der Waals surface area (Å²) in [4.78, 5) is 20.5. The van der Waals surface area contributed by atoms with E-state index in [1.807, 2.05) is 0 Å². The van der Waals surface area contributed by atoms with Crippen molar-refractivity contribution in [2.24, 2.45) is 5.41 Å². The Balaban J connectivity index is 1.71. The number of halogens is 1. The zero-order chi connectivity index (χ0) is 17.9. The van der Waals surface area contributed by atoms with E-state index in [1.165, 1.54) is 18.3 Å². The summed E-state index contributed by atoms with van der Waals surface area (Å²) in [7, 11) is 0. The zero-order valence-corrected chi connectivity index (χ0v) is 14.2. The maximum absolute atomic E-state index is 13.1. The number of aliphatic hydroxyl groups is 1. The van der Waals surface area contributed by atoms with Crippen molar-refractivity contribution < 1.29 is 14.3 Å². The van der Waals surface area contributed by atoms with Gasteiger partial charge in [0, 0.05) is 18.2 Å². The molecule has 3 rings (SSSR count). The first kappa shape index (κ1) is 17.5. The second-order valence-corrected chi connectivity index (χ2v) is 6.80. The van der Waals surface area contributed by atoms with Gasteiger partial charge in [0.05, 0.1) is 18.0 Å². The lowest BCUT2D eigenvalue weighted by molar-refractivity contribution is 0.0499. The number of amides is 1. The largest absolute Gasteiger partial charge is 0.392 e. The van der Waals surface area contributed by atoms with Gasteiger partial charge in [0.25, 0.3) is 5.91 Å².